The lowest BCUT2D eigenvalue weighted by atomic mass is 10.00. The second-order valence-electron chi connectivity index (χ2n) is 12.5. The number of H-pyrrole nitrogens is 3. The lowest BCUT2D eigenvalue weighted by Crippen LogP contribution is -2.59. The van der Waals surface area contributed by atoms with Crippen LogP contribution in [0.25, 0.3) is 32.7 Å². The number of aliphatic carboxylic acids is 1. The van der Waals surface area contributed by atoms with Gasteiger partial charge in [-0.15, -0.1) is 0 Å². The highest BCUT2D eigenvalue weighted by Gasteiger charge is 2.32. The van der Waals surface area contributed by atoms with Gasteiger partial charge in [-0.05, 0) is 41.8 Å². The number of hydrogen-bond acceptors (Lipinski definition) is 6. The molecule has 5 unspecified atom stereocenters. The zero-order valence-corrected chi connectivity index (χ0v) is 27.3. The van der Waals surface area contributed by atoms with E-state index < -0.39 is 54.0 Å². The summed E-state index contributed by atoms with van der Waals surface area (Å²) in [5.74, 6) is -3.39. The minimum atomic E-state index is -1.31. The van der Waals surface area contributed by atoms with E-state index in [2.05, 4.69) is 30.9 Å². The first-order chi connectivity index (χ1) is 24.1. The average molecular weight is 678 g/mol. The molecule has 6 rings (SSSR count). The number of para-hydroxylation sites is 3. The maximum absolute atomic E-state index is 14.1. The Bertz CT molecular complexity index is 2170. The first-order valence-corrected chi connectivity index (χ1v) is 16.3. The van der Waals surface area contributed by atoms with Gasteiger partial charge in [0.05, 0.1) is 6.10 Å². The Labute approximate surface area is 286 Å². The fraction of sp³-hybridized carbons (Fsp3) is 0.243. The second-order valence-corrected chi connectivity index (χ2v) is 12.5. The van der Waals surface area contributed by atoms with Gasteiger partial charge in [-0.1, -0.05) is 54.6 Å². The number of aromatic amines is 3. The van der Waals surface area contributed by atoms with E-state index in [9.17, 15) is 29.4 Å². The van der Waals surface area contributed by atoms with Crippen LogP contribution in [0.1, 0.15) is 23.6 Å². The summed E-state index contributed by atoms with van der Waals surface area (Å²) in [6.45, 7) is 1.37. The van der Waals surface area contributed by atoms with E-state index in [1.54, 1.807) is 18.6 Å². The van der Waals surface area contributed by atoms with Crippen LogP contribution in [0.4, 0.5) is 0 Å². The van der Waals surface area contributed by atoms with Crippen molar-refractivity contribution in [3.8, 4) is 0 Å². The van der Waals surface area contributed by atoms with Gasteiger partial charge in [0.1, 0.15) is 24.2 Å². The van der Waals surface area contributed by atoms with Gasteiger partial charge >= 0.3 is 5.97 Å². The van der Waals surface area contributed by atoms with E-state index >= 15 is 0 Å². The summed E-state index contributed by atoms with van der Waals surface area (Å²) in [5.41, 5.74) is 10.6. The molecule has 3 aromatic heterocycles. The number of amides is 3. The van der Waals surface area contributed by atoms with Crippen molar-refractivity contribution in [3.63, 3.8) is 0 Å². The molecule has 0 bridgehead atoms. The molecule has 0 aliphatic carbocycles. The molecule has 6 aromatic rings. The normalized spacial score (nSPS) is 14.5. The molecular weight excluding hydrogens is 638 g/mol. The van der Waals surface area contributed by atoms with Crippen LogP contribution in [0.2, 0.25) is 0 Å². The third-order valence-electron chi connectivity index (χ3n) is 9.00. The van der Waals surface area contributed by atoms with Crippen LogP contribution < -0.4 is 21.7 Å². The molecule has 13 nitrogen and oxygen atoms in total. The highest BCUT2D eigenvalue weighted by Crippen LogP contribution is 2.22. The molecule has 5 atom stereocenters. The van der Waals surface area contributed by atoms with Crippen LogP contribution >= 0.6 is 0 Å². The molecule has 10 N–H and O–H groups in total. The van der Waals surface area contributed by atoms with Gasteiger partial charge in [-0.2, -0.15) is 0 Å². The van der Waals surface area contributed by atoms with Gasteiger partial charge in [-0.3, -0.25) is 14.4 Å². The molecule has 0 spiro atoms. The number of aliphatic hydroxyl groups excluding tert-OH is 1. The summed E-state index contributed by atoms with van der Waals surface area (Å²) in [6, 6.07) is 17.4. The Morgan fingerprint density at radius 3 is 1.32 bits per heavy atom. The molecule has 0 radical (unpaired) electrons. The topological polar surface area (TPSA) is 218 Å². The van der Waals surface area contributed by atoms with Crippen LogP contribution in [0.15, 0.2) is 91.4 Å². The van der Waals surface area contributed by atoms with Crippen molar-refractivity contribution in [1.82, 2.24) is 30.9 Å². The largest absolute Gasteiger partial charge is 0.480 e. The first-order valence-electron chi connectivity index (χ1n) is 16.3. The van der Waals surface area contributed by atoms with Gasteiger partial charge in [0.15, 0.2) is 0 Å². The van der Waals surface area contributed by atoms with Crippen molar-refractivity contribution in [2.24, 2.45) is 5.73 Å². The molecule has 0 saturated carbocycles. The van der Waals surface area contributed by atoms with E-state index in [-0.39, 0.29) is 19.3 Å². The van der Waals surface area contributed by atoms with Crippen molar-refractivity contribution in [3.05, 3.63) is 108 Å². The molecule has 0 aliphatic rings. The van der Waals surface area contributed by atoms with Crippen LogP contribution in [0.5, 0.6) is 0 Å². The number of carbonyl (C=O) groups excluding carboxylic acids is 3. The first kappa shape index (κ1) is 34.0. The van der Waals surface area contributed by atoms with Gasteiger partial charge in [0, 0.05) is 70.6 Å². The number of fused-ring (bicyclic) bond motifs is 3. The van der Waals surface area contributed by atoms with Crippen molar-refractivity contribution >= 4 is 56.4 Å². The monoisotopic (exact) mass is 677 g/mol. The number of carbonyl (C=O) groups is 4. The van der Waals surface area contributed by atoms with Crippen molar-refractivity contribution < 1.29 is 29.4 Å². The summed E-state index contributed by atoms with van der Waals surface area (Å²) in [7, 11) is 0. The third-order valence-corrected chi connectivity index (χ3v) is 9.00. The van der Waals surface area contributed by atoms with E-state index in [1.165, 1.54) is 6.92 Å². The minimum Gasteiger partial charge on any atom is -0.480 e. The van der Waals surface area contributed by atoms with E-state index in [0.29, 0.717) is 5.56 Å². The Morgan fingerprint density at radius 1 is 0.600 bits per heavy atom. The summed E-state index contributed by atoms with van der Waals surface area (Å²) in [5, 5.41) is 30.7. The maximum Gasteiger partial charge on any atom is 0.326 e. The standard InChI is InChI=1S/C37H39N7O6/c1-20(45)33(38)36(48)43-31(15-22-18-40-28-12-6-3-9-25(22)28)34(46)42-30(14-21-17-39-27-11-5-2-8-24(21)27)35(47)44-32(37(49)50)16-23-19-41-29-13-7-4-10-26(23)29/h2-13,17-20,30-33,39-41,45H,14-16,38H2,1H3,(H,42,46)(H,43,48)(H,44,47)(H,49,50). The van der Waals surface area contributed by atoms with Gasteiger partial charge in [0.2, 0.25) is 17.7 Å². The molecule has 0 saturated heterocycles. The number of rotatable bonds is 14. The highest BCUT2D eigenvalue weighted by molar-refractivity contribution is 5.96. The number of aliphatic hydroxyl groups is 1. The van der Waals surface area contributed by atoms with E-state index in [0.717, 1.165) is 43.8 Å². The number of aromatic nitrogens is 3. The lowest BCUT2D eigenvalue weighted by Gasteiger charge is -2.25. The predicted octanol–water partition coefficient (Wildman–Crippen LogP) is 2.41. The summed E-state index contributed by atoms with van der Waals surface area (Å²) >= 11 is 0. The van der Waals surface area contributed by atoms with Gasteiger partial charge in [-0.25, -0.2) is 4.79 Å². The number of hydrogen-bond donors (Lipinski definition) is 9. The number of nitrogens with one attached hydrogen (secondary N) is 6. The van der Waals surface area contributed by atoms with Crippen LogP contribution in [-0.4, -0.2) is 79.1 Å². The quantitative estimate of drug-likeness (QED) is 0.0838. The SMILES string of the molecule is CC(O)C(N)C(=O)NC(Cc1c[nH]c2ccccc12)C(=O)NC(Cc1c[nH]c2ccccc12)C(=O)NC(Cc1c[nH]c2ccccc12)C(=O)O. The Hall–Kier alpha value is -5.92. The minimum absolute atomic E-state index is 0.00465. The Morgan fingerprint density at radius 2 is 0.940 bits per heavy atom. The fourth-order valence-electron chi connectivity index (χ4n) is 6.21. The van der Waals surface area contributed by atoms with Crippen LogP contribution in [0, 0.1) is 0 Å². The molecule has 50 heavy (non-hydrogen) atoms. The molecule has 13 heteroatoms. The lowest BCUT2D eigenvalue weighted by molar-refractivity contribution is -0.142. The molecule has 3 heterocycles. The third kappa shape index (κ3) is 7.38. The van der Waals surface area contributed by atoms with Gasteiger partial charge in [0.25, 0.3) is 0 Å². The van der Waals surface area contributed by atoms with Crippen LogP contribution in [-0.2, 0) is 38.4 Å². The molecule has 258 valence electrons. The van der Waals surface area contributed by atoms with Crippen molar-refractivity contribution in [2.45, 2.75) is 56.5 Å². The van der Waals surface area contributed by atoms with Gasteiger partial charge < -0.3 is 46.8 Å². The Kier molecular flexibility index (Phi) is 9.97. The second kappa shape index (κ2) is 14.7. The fourth-order valence-corrected chi connectivity index (χ4v) is 6.21. The molecule has 3 aromatic carbocycles. The smallest absolute Gasteiger partial charge is 0.326 e. The molecular formula is C37H39N7O6. The van der Waals surface area contributed by atoms with E-state index in [1.807, 2.05) is 72.8 Å². The maximum atomic E-state index is 14.1. The summed E-state index contributed by atoms with van der Waals surface area (Å²) < 4.78 is 0. The zero-order valence-electron chi connectivity index (χ0n) is 27.3. The van der Waals surface area contributed by atoms with Crippen molar-refractivity contribution in [1.29, 1.82) is 0 Å². The average Bonchev–Trinajstić information content (AvgIpc) is 3.84. The number of carboxylic acids is 1. The zero-order chi connectivity index (χ0) is 35.4. The summed E-state index contributed by atoms with van der Waals surface area (Å²) in [4.78, 5) is 63.1. The molecule has 0 fully saturated rings. The number of benzene rings is 3. The molecule has 0 aliphatic heterocycles. The van der Waals surface area contributed by atoms with E-state index in [4.69, 9.17) is 5.73 Å². The number of carboxylic acid groups (broad SMARTS) is 1. The predicted molar refractivity (Wildman–Crippen MR) is 189 cm³/mol. The highest BCUT2D eigenvalue weighted by atomic mass is 16.4. The van der Waals surface area contributed by atoms with Crippen molar-refractivity contribution in [2.75, 3.05) is 0 Å². The Balaban J connectivity index is 1.29. The molecule has 3 amide bonds. The summed E-state index contributed by atoms with van der Waals surface area (Å²) in [6.07, 6.45) is 4.06. The van der Waals surface area contributed by atoms with Crippen LogP contribution in [0.3, 0.4) is 0 Å². The number of nitrogens with two attached hydrogens (primary N) is 1.